The molecular formula is C26H16Cl2N4O7S2. The van der Waals surface area contributed by atoms with Crippen LogP contribution < -0.4 is 15.1 Å². The SMILES string of the molecule is O=C(Cn1c2c(sc1=O)[C@@H](c1ccco1)[C@@H]1C(=O)N(c3ccc([N+](=O)[O-])cc3)C(=O)[C@@H]1S2)Nc1ccc(Cl)c(Cl)c1. The second-order valence-corrected chi connectivity index (χ2v) is 12.1. The molecule has 2 aliphatic heterocycles. The van der Waals surface area contributed by atoms with E-state index >= 15 is 0 Å². The van der Waals surface area contributed by atoms with E-state index in [1.807, 2.05) is 0 Å². The maximum atomic E-state index is 13.8. The summed E-state index contributed by atoms with van der Waals surface area (Å²) in [6, 6.07) is 13.0. The minimum atomic E-state index is -0.932. The van der Waals surface area contributed by atoms with Crippen LogP contribution in [0.5, 0.6) is 0 Å². The maximum Gasteiger partial charge on any atom is 0.308 e. The Morgan fingerprint density at radius 3 is 2.46 bits per heavy atom. The van der Waals surface area contributed by atoms with Crippen LogP contribution in [0, 0.1) is 16.0 Å². The van der Waals surface area contributed by atoms with Gasteiger partial charge in [-0.3, -0.25) is 33.9 Å². The molecule has 3 atom stereocenters. The predicted molar refractivity (Wildman–Crippen MR) is 153 cm³/mol. The first-order chi connectivity index (χ1) is 19.6. The number of hydrogen-bond acceptors (Lipinski definition) is 9. The zero-order valence-electron chi connectivity index (χ0n) is 20.5. The third-order valence-electron chi connectivity index (χ3n) is 6.72. The lowest BCUT2D eigenvalue weighted by Crippen LogP contribution is -2.32. The molecule has 0 spiro atoms. The van der Waals surface area contributed by atoms with Gasteiger partial charge in [-0.25, -0.2) is 4.90 Å². The summed E-state index contributed by atoms with van der Waals surface area (Å²) < 4.78 is 6.94. The smallest absolute Gasteiger partial charge is 0.308 e. The maximum absolute atomic E-state index is 13.8. The molecular weight excluding hydrogens is 615 g/mol. The quantitative estimate of drug-likeness (QED) is 0.175. The van der Waals surface area contributed by atoms with Crippen molar-refractivity contribution in [2.24, 2.45) is 5.92 Å². The lowest BCUT2D eigenvalue weighted by molar-refractivity contribution is -0.384. The zero-order chi connectivity index (χ0) is 29.0. The number of imide groups is 1. The first kappa shape index (κ1) is 27.3. The number of nitrogens with zero attached hydrogens (tertiary/aromatic N) is 3. The van der Waals surface area contributed by atoms with E-state index in [0.717, 1.165) is 28.0 Å². The third kappa shape index (κ3) is 4.74. The number of furan rings is 1. The van der Waals surface area contributed by atoms with Crippen LogP contribution >= 0.6 is 46.3 Å². The van der Waals surface area contributed by atoms with Crippen LogP contribution in [0.15, 0.2) is 75.1 Å². The lowest BCUT2D eigenvalue weighted by Gasteiger charge is -2.29. The van der Waals surface area contributed by atoms with E-state index in [-0.39, 0.29) is 22.9 Å². The number of rotatable bonds is 6. The van der Waals surface area contributed by atoms with Gasteiger partial charge in [0.15, 0.2) is 0 Å². The summed E-state index contributed by atoms with van der Waals surface area (Å²) in [6.07, 6.45) is 1.44. The number of halogens is 2. The standard InChI is InChI=1S/C26H16Cl2N4O7S2/c27-15-8-3-12(10-16(15)28)29-18(33)11-30-25-22(41-26(30)36)19(17-2-1-9-39-17)20-21(40-25)24(35)31(23(20)34)13-4-6-14(7-5-13)32(37)38/h1-10,19-21H,11H2,(H,29,33)/t19-,20-,21+/m0/s1. The number of benzene rings is 2. The Kier molecular flexibility index (Phi) is 6.98. The zero-order valence-corrected chi connectivity index (χ0v) is 23.6. The van der Waals surface area contributed by atoms with Crippen LogP contribution in [-0.4, -0.2) is 32.5 Å². The van der Waals surface area contributed by atoms with Crippen molar-refractivity contribution in [3.05, 3.63) is 101 Å². The molecule has 0 unspecified atom stereocenters. The normalized spacial score (nSPS) is 19.7. The van der Waals surface area contributed by atoms with Gasteiger partial charge in [0.25, 0.3) is 5.69 Å². The average molecular weight is 631 g/mol. The summed E-state index contributed by atoms with van der Waals surface area (Å²) in [6.45, 7) is -0.353. The fraction of sp³-hybridized carbons (Fsp3) is 0.154. The molecule has 208 valence electrons. The van der Waals surface area contributed by atoms with E-state index in [0.29, 0.717) is 26.4 Å². The first-order valence-corrected chi connectivity index (χ1v) is 14.4. The third-order valence-corrected chi connectivity index (χ3v) is 10.1. The van der Waals surface area contributed by atoms with Gasteiger partial charge in [0.05, 0.1) is 48.7 Å². The second kappa shape index (κ2) is 10.5. The number of carbonyl (C=O) groups excluding carboxylic acids is 3. The van der Waals surface area contributed by atoms with Crippen LogP contribution in [-0.2, 0) is 20.9 Å². The molecule has 0 radical (unpaired) electrons. The molecule has 3 amide bonds. The van der Waals surface area contributed by atoms with E-state index < -0.39 is 44.6 Å². The Morgan fingerprint density at radius 1 is 1.05 bits per heavy atom. The minimum Gasteiger partial charge on any atom is -0.469 e. The van der Waals surface area contributed by atoms with Crippen molar-refractivity contribution in [1.82, 2.24) is 4.57 Å². The van der Waals surface area contributed by atoms with E-state index in [1.165, 1.54) is 47.2 Å². The van der Waals surface area contributed by atoms with E-state index in [1.54, 1.807) is 18.2 Å². The van der Waals surface area contributed by atoms with E-state index in [2.05, 4.69) is 5.32 Å². The van der Waals surface area contributed by atoms with Crippen molar-refractivity contribution in [3.63, 3.8) is 0 Å². The van der Waals surface area contributed by atoms with Crippen LogP contribution in [0.4, 0.5) is 17.1 Å². The monoisotopic (exact) mass is 630 g/mol. The van der Waals surface area contributed by atoms with Crippen molar-refractivity contribution in [3.8, 4) is 0 Å². The number of thioether (sulfide) groups is 1. The minimum absolute atomic E-state index is 0.182. The Hall–Kier alpha value is -3.91. The highest BCUT2D eigenvalue weighted by molar-refractivity contribution is 8.00. The Bertz CT molecular complexity index is 1790. The average Bonchev–Trinajstić information content (AvgIpc) is 3.64. The van der Waals surface area contributed by atoms with Gasteiger partial charge in [-0.05, 0) is 42.5 Å². The molecule has 6 rings (SSSR count). The van der Waals surface area contributed by atoms with E-state index in [9.17, 15) is 29.3 Å². The Labute approximate surface area is 248 Å². The van der Waals surface area contributed by atoms with Gasteiger partial charge < -0.3 is 9.73 Å². The number of nitro groups is 1. The number of non-ortho nitro benzene ring substituents is 1. The number of nitro benzene ring substituents is 1. The number of fused-ring (bicyclic) bond motifs is 2. The fourth-order valence-corrected chi connectivity index (χ4v) is 7.98. The van der Waals surface area contributed by atoms with Gasteiger partial charge in [-0.2, -0.15) is 0 Å². The number of hydrogen-bond donors (Lipinski definition) is 1. The second-order valence-electron chi connectivity index (χ2n) is 9.14. The van der Waals surface area contributed by atoms with Crippen molar-refractivity contribution >= 4 is 81.1 Å². The highest BCUT2D eigenvalue weighted by atomic mass is 35.5. The number of thiazole rings is 1. The Morgan fingerprint density at radius 2 is 1.80 bits per heavy atom. The van der Waals surface area contributed by atoms with Crippen LogP contribution in [0.25, 0.3) is 0 Å². The van der Waals surface area contributed by atoms with Gasteiger partial charge in [0.2, 0.25) is 17.7 Å². The largest absolute Gasteiger partial charge is 0.469 e. The number of nitrogens with one attached hydrogen (secondary N) is 1. The summed E-state index contributed by atoms with van der Waals surface area (Å²) in [5, 5.41) is 13.8. The van der Waals surface area contributed by atoms with Crippen LogP contribution in [0.3, 0.4) is 0 Å². The summed E-state index contributed by atoms with van der Waals surface area (Å²) in [7, 11) is 0. The summed E-state index contributed by atoms with van der Waals surface area (Å²) >= 11 is 13.9. The highest BCUT2D eigenvalue weighted by Crippen LogP contribution is 2.54. The molecule has 1 fully saturated rings. The predicted octanol–water partition coefficient (Wildman–Crippen LogP) is 5.15. The number of carbonyl (C=O) groups is 3. The van der Waals surface area contributed by atoms with Gasteiger partial charge >= 0.3 is 4.87 Å². The summed E-state index contributed by atoms with van der Waals surface area (Å²) in [5.74, 6) is -2.84. The van der Waals surface area contributed by atoms with Gasteiger partial charge in [0.1, 0.15) is 17.6 Å². The molecule has 11 nitrogen and oxygen atoms in total. The molecule has 15 heteroatoms. The fourth-order valence-electron chi connectivity index (χ4n) is 4.93. The topological polar surface area (TPSA) is 145 Å². The molecule has 0 saturated carbocycles. The molecule has 0 bridgehead atoms. The molecule has 0 aliphatic carbocycles. The summed E-state index contributed by atoms with van der Waals surface area (Å²) in [5.41, 5.74) is 0.400. The number of anilines is 2. The van der Waals surface area contributed by atoms with Gasteiger partial charge in [-0.1, -0.05) is 46.3 Å². The van der Waals surface area contributed by atoms with Crippen LogP contribution in [0.1, 0.15) is 16.6 Å². The summed E-state index contributed by atoms with van der Waals surface area (Å²) in [4.78, 5) is 65.1. The molecule has 2 aromatic heterocycles. The van der Waals surface area contributed by atoms with Crippen molar-refractivity contribution in [1.29, 1.82) is 0 Å². The molecule has 1 saturated heterocycles. The van der Waals surface area contributed by atoms with Crippen molar-refractivity contribution < 1.29 is 23.7 Å². The molecule has 4 heterocycles. The molecule has 2 aromatic carbocycles. The highest BCUT2D eigenvalue weighted by Gasteiger charge is 2.57. The number of aromatic nitrogens is 1. The van der Waals surface area contributed by atoms with Gasteiger partial charge in [-0.15, -0.1) is 0 Å². The van der Waals surface area contributed by atoms with Crippen molar-refractivity contribution in [2.45, 2.75) is 22.7 Å². The molecule has 4 aromatic rings. The van der Waals surface area contributed by atoms with E-state index in [4.69, 9.17) is 27.6 Å². The molecule has 2 aliphatic rings. The van der Waals surface area contributed by atoms with Crippen LogP contribution in [0.2, 0.25) is 10.0 Å². The number of amides is 3. The van der Waals surface area contributed by atoms with Gasteiger partial charge in [0, 0.05) is 17.8 Å². The Balaban J connectivity index is 1.36. The lowest BCUT2D eigenvalue weighted by atomic mass is 9.87. The molecule has 1 N–H and O–H groups in total. The first-order valence-electron chi connectivity index (χ1n) is 11.9. The molecule has 41 heavy (non-hydrogen) atoms. The van der Waals surface area contributed by atoms with Crippen molar-refractivity contribution in [2.75, 3.05) is 10.2 Å².